The molecule has 1 N–H and O–H groups in total. The van der Waals surface area contributed by atoms with Crippen LogP contribution in [0.3, 0.4) is 0 Å². The van der Waals surface area contributed by atoms with Crippen molar-refractivity contribution in [3.8, 4) is 0 Å². The van der Waals surface area contributed by atoms with Crippen molar-refractivity contribution in [2.45, 2.75) is 13.5 Å². The Morgan fingerprint density at radius 3 is 2.55 bits per heavy atom. The smallest absolute Gasteiger partial charge is 0.103 e. The number of hydrazone groups is 1. The van der Waals surface area contributed by atoms with Crippen LogP contribution in [0, 0.1) is 6.92 Å². The summed E-state index contributed by atoms with van der Waals surface area (Å²) in [6, 6.07) is 13.1. The quantitative estimate of drug-likeness (QED) is 0.810. The normalized spacial score (nSPS) is 16.5. The van der Waals surface area contributed by atoms with Crippen molar-refractivity contribution in [2.75, 3.05) is 26.2 Å². The second-order valence-corrected chi connectivity index (χ2v) is 8.25. The zero-order chi connectivity index (χ0) is 15.4. The Kier molecular flexibility index (Phi) is 5.28. The molecule has 0 saturated carbocycles. The SMILES string of the molecule is Cc1ccc(C[NH+]2CCN(/N=C\c3ccc(Br)s3)CC2)cc1. The summed E-state index contributed by atoms with van der Waals surface area (Å²) in [5, 5.41) is 6.79. The standard InChI is InChI=1S/C17H20BrN3S/c1-14-2-4-15(5-3-14)13-20-8-10-21(11-9-20)19-12-16-6-7-17(18)22-16/h2-7,12H,8-11,13H2,1H3/p+1/b19-12-. The second-order valence-electron chi connectivity index (χ2n) is 5.75. The molecule has 1 saturated heterocycles. The van der Waals surface area contributed by atoms with Gasteiger partial charge in [-0.2, -0.15) is 5.10 Å². The summed E-state index contributed by atoms with van der Waals surface area (Å²) in [4.78, 5) is 2.84. The van der Waals surface area contributed by atoms with Gasteiger partial charge in [0, 0.05) is 10.4 Å². The van der Waals surface area contributed by atoms with E-state index < -0.39 is 0 Å². The minimum atomic E-state index is 1.03. The number of benzene rings is 1. The molecule has 0 unspecified atom stereocenters. The van der Waals surface area contributed by atoms with E-state index in [2.05, 4.69) is 69.4 Å². The van der Waals surface area contributed by atoms with Gasteiger partial charge in [0.2, 0.25) is 0 Å². The zero-order valence-electron chi connectivity index (χ0n) is 12.8. The maximum Gasteiger partial charge on any atom is 0.103 e. The number of hydrogen-bond acceptors (Lipinski definition) is 3. The summed E-state index contributed by atoms with van der Waals surface area (Å²) in [7, 11) is 0. The van der Waals surface area contributed by atoms with Crippen LogP contribution in [-0.2, 0) is 6.54 Å². The van der Waals surface area contributed by atoms with Gasteiger partial charge in [0.05, 0.1) is 36.2 Å². The Hall–Kier alpha value is -1.17. The summed E-state index contributed by atoms with van der Waals surface area (Å²) < 4.78 is 1.15. The number of nitrogens with zero attached hydrogens (tertiary/aromatic N) is 2. The van der Waals surface area contributed by atoms with Gasteiger partial charge in [-0.05, 0) is 35.0 Å². The van der Waals surface area contributed by atoms with Gasteiger partial charge in [0.25, 0.3) is 0 Å². The fourth-order valence-electron chi connectivity index (χ4n) is 2.63. The molecule has 2 aromatic rings. The lowest BCUT2D eigenvalue weighted by molar-refractivity contribution is -0.918. The summed E-state index contributed by atoms with van der Waals surface area (Å²) in [5.74, 6) is 0. The van der Waals surface area contributed by atoms with Crippen molar-refractivity contribution in [1.29, 1.82) is 0 Å². The number of nitrogens with one attached hydrogen (secondary N) is 1. The summed E-state index contributed by atoms with van der Waals surface area (Å²) in [5.41, 5.74) is 2.76. The number of rotatable bonds is 4. The molecular weight excluding hydrogens is 358 g/mol. The number of quaternary nitrogens is 1. The number of aryl methyl sites for hydroxylation is 1. The Morgan fingerprint density at radius 1 is 1.18 bits per heavy atom. The first-order chi connectivity index (χ1) is 10.7. The maximum absolute atomic E-state index is 4.60. The van der Waals surface area contributed by atoms with E-state index in [1.807, 2.05) is 6.21 Å². The monoisotopic (exact) mass is 378 g/mol. The van der Waals surface area contributed by atoms with E-state index in [0.717, 1.165) is 36.5 Å². The highest BCUT2D eigenvalue weighted by Gasteiger charge is 2.18. The highest BCUT2D eigenvalue weighted by atomic mass is 79.9. The van der Waals surface area contributed by atoms with E-state index in [9.17, 15) is 0 Å². The Labute approximate surface area is 144 Å². The van der Waals surface area contributed by atoms with Gasteiger partial charge in [-0.1, -0.05) is 29.8 Å². The van der Waals surface area contributed by atoms with Gasteiger partial charge in [-0.15, -0.1) is 11.3 Å². The fourth-order valence-corrected chi connectivity index (χ4v) is 3.92. The second kappa shape index (κ2) is 7.40. The summed E-state index contributed by atoms with van der Waals surface area (Å²) in [6.07, 6.45) is 1.97. The van der Waals surface area contributed by atoms with Crippen LogP contribution >= 0.6 is 27.3 Å². The van der Waals surface area contributed by atoms with E-state index in [1.54, 1.807) is 16.2 Å². The molecule has 1 aromatic carbocycles. The van der Waals surface area contributed by atoms with Crippen molar-refractivity contribution in [3.05, 3.63) is 56.2 Å². The Balaban J connectivity index is 1.48. The molecule has 0 aliphatic carbocycles. The molecule has 0 radical (unpaired) electrons. The van der Waals surface area contributed by atoms with Crippen LogP contribution in [-0.4, -0.2) is 37.4 Å². The lowest BCUT2D eigenvalue weighted by Gasteiger charge is -2.30. The molecule has 22 heavy (non-hydrogen) atoms. The van der Waals surface area contributed by atoms with E-state index in [0.29, 0.717) is 0 Å². The van der Waals surface area contributed by atoms with E-state index in [-0.39, 0.29) is 0 Å². The molecule has 5 heteroatoms. The van der Waals surface area contributed by atoms with Crippen LogP contribution in [0.2, 0.25) is 0 Å². The topological polar surface area (TPSA) is 20.0 Å². The molecule has 0 bridgehead atoms. The number of halogens is 1. The molecule has 0 spiro atoms. The molecule has 116 valence electrons. The molecule has 1 aliphatic heterocycles. The number of piperazine rings is 1. The molecule has 1 aliphatic rings. The minimum Gasteiger partial charge on any atom is -0.328 e. The predicted molar refractivity (Wildman–Crippen MR) is 96.8 cm³/mol. The lowest BCUT2D eigenvalue weighted by Crippen LogP contribution is -3.13. The lowest BCUT2D eigenvalue weighted by atomic mass is 10.1. The number of thiophene rings is 1. The van der Waals surface area contributed by atoms with Crippen LogP contribution in [0.15, 0.2) is 45.3 Å². The maximum atomic E-state index is 4.60. The van der Waals surface area contributed by atoms with Gasteiger partial charge in [-0.3, -0.25) is 5.01 Å². The van der Waals surface area contributed by atoms with Gasteiger partial charge in [0.15, 0.2) is 0 Å². The molecule has 1 aromatic heterocycles. The van der Waals surface area contributed by atoms with Crippen LogP contribution in [0.25, 0.3) is 0 Å². The van der Waals surface area contributed by atoms with Crippen molar-refractivity contribution in [1.82, 2.24) is 5.01 Å². The third kappa shape index (κ3) is 4.41. The van der Waals surface area contributed by atoms with Crippen molar-refractivity contribution in [2.24, 2.45) is 5.10 Å². The first-order valence-electron chi connectivity index (χ1n) is 7.62. The van der Waals surface area contributed by atoms with Crippen molar-refractivity contribution >= 4 is 33.5 Å². The fraction of sp³-hybridized carbons (Fsp3) is 0.353. The third-order valence-electron chi connectivity index (χ3n) is 3.96. The Bertz CT molecular complexity index is 628. The van der Waals surface area contributed by atoms with E-state index >= 15 is 0 Å². The van der Waals surface area contributed by atoms with Gasteiger partial charge in [0.1, 0.15) is 6.54 Å². The molecule has 3 nitrogen and oxygen atoms in total. The molecular formula is C17H21BrN3S+. The van der Waals surface area contributed by atoms with Crippen LogP contribution in [0.5, 0.6) is 0 Å². The molecule has 3 rings (SSSR count). The first-order valence-corrected chi connectivity index (χ1v) is 9.23. The predicted octanol–water partition coefficient (Wildman–Crippen LogP) is 2.55. The average molecular weight is 379 g/mol. The largest absolute Gasteiger partial charge is 0.328 e. The molecule has 2 heterocycles. The third-order valence-corrected chi connectivity index (χ3v) is 5.52. The van der Waals surface area contributed by atoms with Crippen LogP contribution < -0.4 is 4.90 Å². The first kappa shape index (κ1) is 15.7. The molecule has 0 amide bonds. The van der Waals surface area contributed by atoms with Crippen LogP contribution in [0.1, 0.15) is 16.0 Å². The van der Waals surface area contributed by atoms with Gasteiger partial charge < -0.3 is 4.90 Å². The van der Waals surface area contributed by atoms with E-state index in [1.165, 1.54) is 16.0 Å². The van der Waals surface area contributed by atoms with Crippen molar-refractivity contribution < 1.29 is 4.90 Å². The molecule has 0 atom stereocenters. The Morgan fingerprint density at radius 2 is 1.91 bits per heavy atom. The highest BCUT2D eigenvalue weighted by molar-refractivity contribution is 9.11. The van der Waals surface area contributed by atoms with Gasteiger partial charge >= 0.3 is 0 Å². The van der Waals surface area contributed by atoms with E-state index in [4.69, 9.17) is 0 Å². The molecule has 1 fully saturated rings. The zero-order valence-corrected chi connectivity index (χ0v) is 15.2. The average Bonchev–Trinajstić information content (AvgIpc) is 2.94. The van der Waals surface area contributed by atoms with Gasteiger partial charge in [-0.25, -0.2) is 0 Å². The van der Waals surface area contributed by atoms with Crippen LogP contribution in [0.4, 0.5) is 0 Å². The highest BCUT2D eigenvalue weighted by Crippen LogP contribution is 2.20. The summed E-state index contributed by atoms with van der Waals surface area (Å²) >= 11 is 5.20. The number of hydrogen-bond donors (Lipinski definition) is 1. The van der Waals surface area contributed by atoms with Crippen molar-refractivity contribution in [3.63, 3.8) is 0 Å². The summed E-state index contributed by atoms with van der Waals surface area (Å²) in [6.45, 7) is 7.63. The minimum absolute atomic E-state index is 1.03.